The van der Waals surface area contributed by atoms with Gasteiger partial charge in [-0.3, -0.25) is 14.4 Å². The molecule has 1 aromatic heterocycles. The van der Waals surface area contributed by atoms with Crippen molar-refractivity contribution in [3.63, 3.8) is 0 Å². The summed E-state index contributed by atoms with van der Waals surface area (Å²) < 4.78 is 4.63. The molecule has 2 rings (SSSR count). The van der Waals surface area contributed by atoms with Crippen LogP contribution in [-0.4, -0.2) is 31.8 Å². The van der Waals surface area contributed by atoms with Gasteiger partial charge in [0.05, 0.1) is 12.7 Å². The molecule has 0 saturated heterocycles. The molecule has 0 saturated carbocycles. The lowest BCUT2D eigenvalue weighted by atomic mass is 9.94. The molecule has 0 spiro atoms. The molecule has 5 nitrogen and oxygen atoms in total. The molecule has 1 atom stereocenters. The highest BCUT2D eigenvalue weighted by molar-refractivity contribution is 7.17. The van der Waals surface area contributed by atoms with Gasteiger partial charge in [0.1, 0.15) is 10.9 Å². The van der Waals surface area contributed by atoms with Gasteiger partial charge in [-0.05, 0) is 19.4 Å². The summed E-state index contributed by atoms with van der Waals surface area (Å²) in [4.78, 5) is 38.7. The van der Waals surface area contributed by atoms with Crippen LogP contribution in [0.25, 0.3) is 0 Å². The van der Waals surface area contributed by atoms with Crippen LogP contribution in [0.1, 0.15) is 27.2 Å². The normalized spacial score (nSPS) is 19.2. The SMILES string of the molecule is COC(=O)[C@@H]1CC(=O)N(C)c2sc(C)c(C)c2C1=O. The van der Waals surface area contributed by atoms with Crippen molar-refractivity contribution in [1.29, 1.82) is 0 Å². The van der Waals surface area contributed by atoms with Crippen molar-refractivity contribution >= 4 is 34.0 Å². The molecule has 1 aromatic rings. The van der Waals surface area contributed by atoms with E-state index < -0.39 is 11.9 Å². The van der Waals surface area contributed by atoms with Crippen molar-refractivity contribution in [3.8, 4) is 0 Å². The Morgan fingerprint density at radius 3 is 2.58 bits per heavy atom. The zero-order valence-electron chi connectivity index (χ0n) is 11.3. The molecule has 1 aliphatic rings. The number of fused-ring (bicyclic) bond motifs is 1. The predicted octanol–water partition coefficient (Wildman–Crippen LogP) is 1.70. The highest BCUT2D eigenvalue weighted by Crippen LogP contribution is 2.39. The molecule has 0 aromatic carbocycles. The minimum Gasteiger partial charge on any atom is -0.468 e. The largest absolute Gasteiger partial charge is 0.468 e. The number of thiophene rings is 1. The number of amides is 1. The molecule has 1 aliphatic heterocycles. The first-order chi connectivity index (χ1) is 8.88. The van der Waals surface area contributed by atoms with Gasteiger partial charge in [0.25, 0.3) is 0 Å². The molecule has 2 heterocycles. The summed E-state index contributed by atoms with van der Waals surface area (Å²) in [5.41, 5.74) is 1.31. The van der Waals surface area contributed by atoms with Crippen LogP contribution in [0.4, 0.5) is 5.00 Å². The summed E-state index contributed by atoms with van der Waals surface area (Å²) in [6.45, 7) is 3.73. The number of rotatable bonds is 1. The standard InChI is InChI=1S/C13H15NO4S/c1-6-7(2)19-12-10(6)11(16)8(13(17)18-4)5-9(15)14(12)3/h8H,5H2,1-4H3/t8-/m1/s1. The first-order valence-electron chi connectivity index (χ1n) is 5.87. The van der Waals surface area contributed by atoms with E-state index in [9.17, 15) is 14.4 Å². The summed E-state index contributed by atoms with van der Waals surface area (Å²) in [7, 11) is 2.85. The zero-order chi connectivity index (χ0) is 14.3. The van der Waals surface area contributed by atoms with Crippen LogP contribution in [0.2, 0.25) is 0 Å². The van der Waals surface area contributed by atoms with Gasteiger partial charge in [0.15, 0.2) is 5.78 Å². The number of Topliss-reactive ketones (excluding diaryl/α,β-unsaturated/α-hetero) is 1. The van der Waals surface area contributed by atoms with E-state index in [-0.39, 0.29) is 18.1 Å². The zero-order valence-corrected chi connectivity index (χ0v) is 12.1. The molecule has 0 unspecified atom stereocenters. The number of hydrogen-bond acceptors (Lipinski definition) is 5. The lowest BCUT2D eigenvalue weighted by Crippen LogP contribution is -2.30. The van der Waals surface area contributed by atoms with Crippen LogP contribution >= 0.6 is 11.3 Å². The fourth-order valence-electron chi connectivity index (χ4n) is 2.16. The first-order valence-corrected chi connectivity index (χ1v) is 6.68. The molecule has 0 aliphatic carbocycles. The third-order valence-corrected chi connectivity index (χ3v) is 4.76. The maximum absolute atomic E-state index is 12.5. The fraction of sp³-hybridized carbons (Fsp3) is 0.462. The van der Waals surface area contributed by atoms with E-state index in [1.807, 2.05) is 13.8 Å². The third-order valence-electron chi connectivity index (χ3n) is 3.47. The average molecular weight is 281 g/mol. The van der Waals surface area contributed by atoms with E-state index in [0.29, 0.717) is 10.6 Å². The Kier molecular flexibility index (Phi) is 3.45. The van der Waals surface area contributed by atoms with Gasteiger partial charge < -0.3 is 9.64 Å². The number of methoxy groups -OCH3 is 1. The fourth-order valence-corrected chi connectivity index (χ4v) is 3.30. The lowest BCUT2D eigenvalue weighted by Gasteiger charge is -2.13. The molecular weight excluding hydrogens is 266 g/mol. The molecular formula is C13H15NO4S. The quantitative estimate of drug-likeness (QED) is 0.580. The first kappa shape index (κ1) is 13.7. The second kappa shape index (κ2) is 4.77. The summed E-state index contributed by atoms with van der Waals surface area (Å²) >= 11 is 1.40. The maximum Gasteiger partial charge on any atom is 0.317 e. The van der Waals surface area contributed by atoms with E-state index >= 15 is 0 Å². The predicted molar refractivity (Wildman–Crippen MR) is 71.7 cm³/mol. The Morgan fingerprint density at radius 2 is 2.00 bits per heavy atom. The van der Waals surface area contributed by atoms with Crippen LogP contribution < -0.4 is 4.90 Å². The van der Waals surface area contributed by atoms with Crippen molar-refractivity contribution < 1.29 is 19.1 Å². The number of hydrogen-bond donors (Lipinski definition) is 0. The number of ketones is 1. The average Bonchev–Trinajstić information content (AvgIpc) is 2.64. The summed E-state index contributed by atoms with van der Waals surface area (Å²) in [5.74, 6) is -2.25. The van der Waals surface area contributed by atoms with Crippen molar-refractivity contribution in [2.45, 2.75) is 20.3 Å². The number of nitrogens with zero attached hydrogens (tertiary/aromatic N) is 1. The molecule has 6 heteroatoms. The van der Waals surface area contributed by atoms with Crippen LogP contribution in [0.5, 0.6) is 0 Å². The Balaban J connectivity index is 2.61. The van der Waals surface area contributed by atoms with Crippen LogP contribution in [0.15, 0.2) is 0 Å². The molecule has 0 N–H and O–H groups in total. The van der Waals surface area contributed by atoms with Crippen molar-refractivity contribution in [2.75, 3.05) is 19.1 Å². The van der Waals surface area contributed by atoms with Gasteiger partial charge in [-0.1, -0.05) is 0 Å². The van der Waals surface area contributed by atoms with Crippen LogP contribution in [0, 0.1) is 19.8 Å². The van der Waals surface area contributed by atoms with E-state index in [0.717, 1.165) is 10.4 Å². The van der Waals surface area contributed by atoms with Crippen molar-refractivity contribution in [3.05, 3.63) is 16.0 Å². The molecule has 0 bridgehead atoms. The van der Waals surface area contributed by atoms with E-state index in [1.54, 1.807) is 7.05 Å². The van der Waals surface area contributed by atoms with Gasteiger partial charge >= 0.3 is 5.97 Å². The Hall–Kier alpha value is -1.69. The van der Waals surface area contributed by atoms with Crippen LogP contribution in [0.3, 0.4) is 0 Å². The topological polar surface area (TPSA) is 63.7 Å². The maximum atomic E-state index is 12.5. The second-order valence-electron chi connectivity index (χ2n) is 4.56. The van der Waals surface area contributed by atoms with E-state index in [1.165, 1.54) is 23.3 Å². The number of carbonyl (C=O) groups is 3. The summed E-state index contributed by atoms with van der Waals surface area (Å²) in [6, 6.07) is 0. The molecule has 0 radical (unpaired) electrons. The van der Waals surface area contributed by atoms with Gasteiger partial charge in [0, 0.05) is 18.3 Å². The Morgan fingerprint density at radius 1 is 1.37 bits per heavy atom. The van der Waals surface area contributed by atoms with Gasteiger partial charge in [-0.15, -0.1) is 11.3 Å². The molecule has 0 fully saturated rings. The lowest BCUT2D eigenvalue weighted by molar-refractivity contribution is -0.145. The summed E-state index contributed by atoms with van der Waals surface area (Å²) in [6.07, 6.45) is -0.137. The van der Waals surface area contributed by atoms with E-state index in [4.69, 9.17) is 0 Å². The van der Waals surface area contributed by atoms with Gasteiger partial charge in [0.2, 0.25) is 5.91 Å². The molecule has 102 valence electrons. The molecule has 1 amide bonds. The van der Waals surface area contributed by atoms with Crippen molar-refractivity contribution in [1.82, 2.24) is 0 Å². The second-order valence-corrected chi connectivity index (χ2v) is 5.76. The highest BCUT2D eigenvalue weighted by atomic mass is 32.1. The van der Waals surface area contributed by atoms with E-state index in [2.05, 4.69) is 4.74 Å². The minimum atomic E-state index is -1.03. The monoisotopic (exact) mass is 281 g/mol. The third kappa shape index (κ3) is 2.06. The number of carbonyl (C=O) groups excluding carboxylic acids is 3. The number of esters is 1. The Labute approximate surface area is 115 Å². The minimum absolute atomic E-state index is 0.137. The summed E-state index contributed by atoms with van der Waals surface area (Å²) in [5, 5.41) is 0.622. The van der Waals surface area contributed by atoms with Gasteiger partial charge in [-0.25, -0.2) is 0 Å². The number of ether oxygens (including phenoxy) is 1. The highest BCUT2D eigenvalue weighted by Gasteiger charge is 2.39. The smallest absolute Gasteiger partial charge is 0.317 e. The Bertz CT molecular complexity index is 575. The van der Waals surface area contributed by atoms with Crippen molar-refractivity contribution in [2.24, 2.45) is 5.92 Å². The van der Waals surface area contributed by atoms with Crippen LogP contribution in [-0.2, 0) is 14.3 Å². The number of anilines is 1. The van der Waals surface area contributed by atoms with Gasteiger partial charge in [-0.2, -0.15) is 0 Å². The molecule has 19 heavy (non-hydrogen) atoms. The number of aryl methyl sites for hydroxylation is 1.